The maximum absolute atomic E-state index is 13.1. The van der Waals surface area contributed by atoms with Gasteiger partial charge in [-0.15, -0.1) is 0 Å². The van der Waals surface area contributed by atoms with Crippen LogP contribution in [0.2, 0.25) is 0 Å². The summed E-state index contributed by atoms with van der Waals surface area (Å²) in [6.45, 7) is 1.24. The highest BCUT2D eigenvalue weighted by atomic mass is 19.1. The highest BCUT2D eigenvalue weighted by molar-refractivity contribution is 5.78. The Labute approximate surface area is 142 Å². The van der Waals surface area contributed by atoms with Crippen LogP contribution in [0.25, 0.3) is 0 Å². The second kappa shape index (κ2) is 6.12. The fraction of sp³-hybridized carbons (Fsp3) is 0.632. The minimum absolute atomic E-state index is 0.103. The first-order valence-corrected chi connectivity index (χ1v) is 9.04. The molecule has 5 heteroatoms. The lowest BCUT2D eigenvalue weighted by Gasteiger charge is -2.43. The van der Waals surface area contributed by atoms with Gasteiger partial charge < -0.3 is 10.4 Å². The van der Waals surface area contributed by atoms with E-state index in [4.69, 9.17) is 0 Å². The van der Waals surface area contributed by atoms with Crippen molar-refractivity contribution in [3.8, 4) is 0 Å². The SMILES string of the molecule is O=C(CN1C2CCC1CC(O)(c1ccc(F)cc1)C2)NCC1CC1. The molecule has 2 saturated heterocycles. The van der Waals surface area contributed by atoms with Gasteiger partial charge in [-0.25, -0.2) is 4.39 Å². The summed E-state index contributed by atoms with van der Waals surface area (Å²) in [7, 11) is 0. The predicted octanol–water partition coefficient (Wildman–Crippen LogP) is 2.17. The van der Waals surface area contributed by atoms with Crippen LogP contribution in [0.1, 0.15) is 44.1 Å². The molecular formula is C19H25FN2O2. The molecule has 0 radical (unpaired) electrons. The van der Waals surface area contributed by atoms with Gasteiger partial charge >= 0.3 is 0 Å². The third-order valence-electron chi connectivity index (χ3n) is 5.91. The molecule has 4 nitrogen and oxygen atoms in total. The number of halogens is 1. The summed E-state index contributed by atoms with van der Waals surface area (Å²) in [4.78, 5) is 14.4. The Balaban J connectivity index is 1.41. The molecule has 3 aliphatic rings. The molecule has 130 valence electrons. The number of nitrogens with zero attached hydrogens (tertiary/aromatic N) is 1. The second-order valence-corrected chi connectivity index (χ2v) is 7.75. The number of carbonyl (C=O) groups is 1. The zero-order valence-electron chi connectivity index (χ0n) is 13.9. The first-order chi connectivity index (χ1) is 11.5. The number of hydrogen-bond acceptors (Lipinski definition) is 3. The van der Waals surface area contributed by atoms with E-state index < -0.39 is 5.60 Å². The molecule has 2 heterocycles. The summed E-state index contributed by atoms with van der Waals surface area (Å²) in [5, 5.41) is 14.1. The van der Waals surface area contributed by atoms with Crippen LogP contribution in [0.15, 0.2) is 24.3 Å². The molecule has 4 rings (SSSR count). The fourth-order valence-corrected chi connectivity index (χ4v) is 4.37. The first kappa shape index (κ1) is 16.0. The number of hydrogen-bond donors (Lipinski definition) is 2. The van der Waals surface area contributed by atoms with E-state index >= 15 is 0 Å². The number of carbonyl (C=O) groups excluding carboxylic acids is 1. The van der Waals surface area contributed by atoms with Gasteiger partial charge in [-0.05, 0) is 62.1 Å². The van der Waals surface area contributed by atoms with Crippen molar-refractivity contribution in [2.75, 3.05) is 13.1 Å². The number of piperidine rings is 1. The average Bonchev–Trinajstić information content (AvgIpc) is 3.34. The Kier molecular flexibility index (Phi) is 4.09. The molecule has 1 saturated carbocycles. The van der Waals surface area contributed by atoms with Gasteiger partial charge in [-0.2, -0.15) is 0 Å². The lowest BCUT2D eigenvalue weighted by molar-refractivity contribution is -0.126. The van der Waals surface area contributed by atoms with Gasteiger partial charge in [0.2, 0.25) is 5.91 Å². The minimum atomic E-state index is -0.902. The number of rotatable bonds is 5. The van der Waals surface area contributed by atoms with E-state index in [9.17, 15) is 14.3 Å². The molecule has 24 heavy (non-hydrogen) atoms. The van der Waals surface area contributed by atoms with Crippen LogP contribution in [0.5, 0.6) is 0 Å². The van der Waals surface area contributed by atoms with Gasteiger partial charge in [0, 0.05) is 18.6 Å². The molecule has 1 aromatic carbocycles. The zero-order chi connectivity index (χ0) is 16.7. The molecular weight excluding hydrogens is 307 g/mol. The monoisotopic (exact) mass is 332 g/mol. The van der Waals surface area contributed by atoms with Crippen LogP contribution < -0.4 is 5.32 Å². The molecule has 2 N–H and O–H groups in total. The predicted molar refractivity (Wildman–Crippen MR) is 88.8 cm³/mol. The normalized spacial score (nSPS) is 32.8. The molecule has 2 atom stereocenters. The Morgan fingerprint density at radius 2 is 1.79 bits per heavy atom. The highest BCUT2D eigenvalue weighted by Gasteiger charge is 2.48. The highest BCUT2D eigenvalue weighted by Crippen LogP contribution is 2.45. The molecule has 0 spiro atoms. The Morgan fingerprint density at radius 3 is 2.38 bits per heavy atom. The van der Waals surface area contributed by atoms with Gasteiger partial charge in [-0.3, -0.25) is 9.69 Å². The second-order valence-electron chi connectivity index (χ2n) is 7.75. The number of aliphatic hydroxyl groups is 1. The number of amides is 1. The molecule has 1 amide bonds. The maximum atomic E-state index is 13.1. The van der Waals surface area contributed by atoms with Crippen molar-refractivity contribution in [1.29, 1.82) is 0 Å². The topological polar surface area (TPSA) is 52.6 Å². The number of nitrogens with one attached hydrogen (secondary N) is 1. The smallest absolute Gasteiger partial charge is 0.234 e. The van der Waals surface area contributed by atoms with Crippen molar-refractivity contribution in [2.24, 2.45) is 5.92 Å². The summed E-state index contributed by atoms with van der Waals surface area (Å²) in [6, 6.07) is 6.65. The molecule has 3 fully saturated rings. The Hall–Kier alpha value is -1.46. The largest absolute Gasteiger partial charge is 0.385 e. The van der Waals surface area contributed by atoms with Gasteiger partial charge in [-0.1, -0.05) is 12.1 Å². The summed E-state index contributed by atoms with van der Waals surface area (Å²) in [5.41, 5.74) is -0.112. The van der Waals surface area contributed by atoms with Crippen molar-refractivity contribution >= 4 is 5.91 Å². The molecule has 1 aliphatic carbocycles. The fourth-order valence-electron chi connectivity index (χ4n) is 4.37. The Bertz CT molecular complexity index is 600. The van der Waals surface area contributed by atoms with Crippen molar-refractivity contribution in [2.45, 2.75) is 56.2 Å². The van der Waals surface area contributed by atoms with E-state index in [-0.39, 0.29) is 23.8 Å². The van der Waals surface area contributed by atoms with E-state index in [2.05, 4.69) is 10.2 Å². The lowest BCUT2D eigenvalue weighted by Crippen LogP contribution is -2.52. The van der Waals surface area contributed by atoms with Gasteiger partial charge in [0.15, 0.2) is 0 Å². The van der Waals surface area contributed by atoms with Crippen LogP contribution in [0.3, 0.4) is 0 Å². The third-order valence-corrected chi connectivity index (χ3v) is 5.91. The first-order valence-electron chi connectivity index (χ1n) is 9.04. The van der Waals surface area contributed by atoms with E-state index in [0.717, 1.165) is 24.9 Å². The summed E-state index contributed by atoms with van der Waals surface area (Å²) in [5.74, 6) is 0.511. The minimum Gasteiger partial charge on any atom is -0.385 e. The van der Waals surface area contributed by atoms with Crippen LogP contribution in [0, 0.1) is 11.7 Å². The van der Waals surface area contributed by atoms with Crippen LogP contribution in [-0.4, -0.2) is 41.1 Å². The third kappa shape index (κ3) is 3.20. The van der Waals surface area contributed by atoms with E-state index in [0.29, 0.717) is 25.3 Å². The van der Waals surface area contributed by atoms with Gasteiger partial charge in [0.05, 0.1) is 12.1 Å². The van der Waals surface area contributed by atoms with Crippen molar-refractivity contribution in [3.05, 3.63) is 35.6 Å². The summed E-state index contributed by atoms with van der Waals surface area (Å²) < 4.78 is 13.1. The molecule has 0 aromatic heterocycles. The molecule has 2 bridgehead atoms. The summed E-state index contributed by atoms with van der Waals surface area (Å²) >= 11 is 0. The quantitative estimate of drug-likeness (QED) is 0.869. The standard InChI is InChI=1S/C19H25FN2O2/c20-15-5-3-14(4-6-15)19(24)9-16-7-8-17(10-19)22(16)12-18(23)21-11-13-1-2-13/h3-6,13,16-17,24H,1-2,7-12H2,(H,21,23). The van der Waals surface area contributed by atoms with Crippen LogP contribution in [-0.2, 0) is 10.4 Å². The number of fused-ring (bicyclic) bond motifs is 2. The zero-order valence-corrected chi connectivity index (χ0v) is 13.9. The van der Waals surface area contributed by atoms with Crippen LogP contribution >= 0.6 is 0 Å². The van der Waals surface area contributed by atoms with E-state index in [1.54, 1.807) is 12.1 Å². The summed E-state index contributed by atoms with van der Waals surface area (Å²) in [6.07, 6.45) is 5.74. The molecule has 1 aromatic rings. The van der Waals surface area contributed by atoms with Crippen LogP contribution in [0.4, 0.5) is 4.39 Å². The molecule has 2 unspecified atom stereocenters. The van der Waals surface area contributed by atoms with Gasteiger partial charge in [0.1, 0.15) is 5.82 Å². The lowest BCUT2D eigenvalue weighted by atomic mass is 9.80. The number of benzene rings is 1. The average molecular weight is 332 g/mol. The molecule has 2 aliphatic heterocycles. The van der Waals surface area contributed by atoms with Crippen molar-refractivity contribution in [1.82, 2.24) is 10.2 Å². The van der Waals surface area contributed by atoms with Gasteiger partial charge in [0.25, 0.3) is 0 Å². The maximum Gasteiger partial charge on any atom is 0.234 e. The van der Waals surface area contributed by atoms with E-state index in [1.807, 2.05) is 0 Å². The Morgan fingerprint density at radius 1 is 1.17 bits per heavy atom. The van der Waals surface area contributed by atoms with Crippen molar-refractivity contribution in [3.63, 3.8) is 0 Å². The van der Waals surface area contributed by atoms with E-state index in [1.165, 1.54) is 25.0 Å². The van der Waals surface area contributed by atoms with Crippen molar-refractivity contribution < 1.29 is 14.3 Å².